The number of aromatic nitrogens is 2. The van der Waals surface area contributed by atoms with Gasteiger partial charge in [0.05, 0.1) is 32.4 Å². The molecular formula is C20H20N2O4S. The van der Waals surface area contributed by atoms with Crippen LogP contribution in [0.15, 0.2) is 47.6 Å². The van der Waals surface area contributed by atoms with Crippen LogP contribution in [0.5, 0.6) is 17.2 Å². The van der Waals surface area contributed by atoms with E-state index in [0.29, 0.717) is 22.4 Å². The molecule has 3 rings (SSSR count). The SMILES string of the molecule is COc1cc(/C=C/C(=O)n2c(SC)nc3ccccc32)cc(OC)c1OC. The summed E-state index contributed by atoms with van der Waals surface area (Å²) in [7, 11) is 4.66. The topological polar surface area (TPSA) is 62.6 Å². The van der Waals surface area contributed by atoms with Gasteiger partial charge in [0.2, 0.25) is 5.75 Å². The first kappa shape index (κ1) is 18.8. The summed E-state index contributed by atoms with van der Waals surface area (Å²) in [5.41, 5.74) is 2.32. The number of hydrogen-bond donors (Lipinski definition) is 0. The summed E-state index contributed by atoms with van der Waals surface area (Å²) >= 11 is 1.43. The lowest BCUT2D eigenvalue weighted by atomic mass is 10.1. The summed E-state index contributed by atoms with van der Waals surface area (Å²) in [5, 5.41) is 0.649. The van der Waals surface area contributed by atoms with Crippen molar-refractivity contribution in [1.29, 1.82) is 0 Å². The molecule has 6 nitrogen and oxygen atoms in total. The van der Waals surface area contributed by atoms with Crippen molar-refractivity contribution in [1.82, 2.24) is 9.55 Å². The maximum absolute atomic E-state index is 12.8. The van der Waals surface area contributed by atoms with Crippen molar-refractivity contribution >= 4 is 34.8 Å². The van der Waals surface area contributed by atoms with E-state index in [2.05, 4.69) is 4.98 Å². The Morgan fingerprint density at radius 3 is 2.33 bits per heavy atom. The number of nitrogens with zero attached hydrogens (tertiary/aromatic N) is 2. The molecule has 3 aromatic rings. The number of carbonyl (C=O) groups excluding carboxylic acids is 1. The highest BCUT2D eigenvalue weighted by atomic mass is 32.2. The highest BCUT2D eigenvalue weighted by Gasteiger charge is 2.15. The Balaban J connectivity index is 1.98. The lowest BCUT2D eigenvalue weighted by molar-refractivity contribution is 0.0965. The number of methoxy groups -OCH3 is 3. The van der Waals surface area contributed by atoms with Gasteiger partial charge in [-0.3, -0.25) is 9.36 Å². The number of carbonyl (C=O) groups is 1. The molecule has 0 saturated carbocycles. The third-order valence-electron chi connectivity index (χ3n) is 4.04. The Bertz CT molecular complexity index is 985. The van der Waals surface area contributed by atoms with Gasteiger partial charge < -0.3 is 14.2 Å². The summed E-state index contributed by atoms with van der Waals surface area (Å²) in [6.07, 6.45) is 5.12. The van der Waals surface area contributed by atoms with Crippen molar-refractivity contribution < 1.29 is 19.0 Å². The Morgan fingerprint density at radius 2 is 1.74 bits per heavy atom. The third kappa shape index (κ3) is 3.64. The second kappa shape index (κ2) is 8.18. The quantitative estimate of drug-likeness (QED) is 0.470. The summed E-state index contributed by atoms with van der Waals surface area (Å²) in [6.45, 7) is 0. The lowest BCUT2D eigenvalue weighted by Gasteiger charge is -2.12. The number of thioether (sulfide) groups is 1. The molecule has 1 heterocycles. The van der Waals surface area contributed by atoms with Gasteiger partial charge in [0.1, 0.15) is 0 Å². The van der Waals surface area contributed by atoms with Crippen LogP contribution in [0.25, 0.3) is 17.1 Å². The van der Waals surface area contributed by atoms with Crippen LogP contribution in [-0.4, -0.2) is 43.0 Å². The zero-order valence-electron chi connectivity index (χ0n) is 15.6. The maximum Gasteiger partial charge on any atom is 0.257 e. The van der Waals surface area contributed by atoms with Crippen LogP contribution in [0.3, 0.4) is 0 Å². The van der Waals surface area contributed by atoms with Gasteiger partial charge in [-0.2, -0.15) is 0 Å². The molecule has 1 aromatic heterocycles. The van der Waals surface area contributed by atoms with E-state index in [1.807, 2.05) is 30.5 Å². The van der Waals surface area contributed by atoms with E-state index in [0.717, 1.165) is 16.6 Å². The Hall–Kier alpha value is -2.93. The fourth-order valence-corrected chi connectivity index (χ4v) is 3.35. The van der Waals surface area contributed by atoms with Crippen LogP contribution in [0.4, 0.5) is 0 Å². The molecule has 0 aliphatic heterocycles. The zero-order chi connectivity index (χ0) is 19.4. The summed E-state index contributed by atoms with van der Waals surface area (Å²) in [6, 6.07) is 11.1. The zero-order valence-corrected chi connectivity index (χ0v) is 16.4. The van der Waals surface area contributed by atoms with Crippen molar-refractivity contribution in [2.45, 2.75) is 5.16 Å². The first-order valence-corrected chi connectivity index (χ1v) is 9.39. The average Bonchev–Trinajstić information content (AvgIpc) is 3.09. The summed E-state index contributed by atoms with van der Waals surface area (Å²) in [4.78, 5) is 17.3. The fourth-order valence-electron chi connectivity index (χ4n) is 2.79. The molecule has 0 spiro atoms. The Kier molecular flexibility index (Phi) is 5.71. The molecule has 0 fully saturated rings. The number of para-hydroxylation sites is 2. The number of allylic oxidation sites excluding steroid dienone is 1. The first-order valence-electron chi connectivity index (χ1n) is 8.16. The smallest absolute Gasteiger partial charge is 0.257 e. The van der Waals surface area contributed by atoms with E-state index in [9.17, 15) is 4.79 Å². The normalized spacial score (nSPS) is 11.1. The first-order chi connectivity index (χ1) is 13.1. The standard InChI is InChI=1S/C20H20N2O4S/c1-24-16-11-13(12-17(25-2)19(16)26-3)9-10-18(23)22-15-8-6-5-7-14(15)21-20(22)27-4/h5-12H,1-4H3/b10-9+. The Labute approximate surface area is 161 Å². The molecule has 0 atom stereocenters. The fraction of sp³-hybridized carbons (Fsp3) is 0.200. The van der Waals surface area contributed by atoms with Crippen molar-refractivity contribution in [2.75, 3.05) is 27.6 Å². The average molecular weight is 384 g/mol. The molecule has 0 amide bonds. The van der Waals surface area contributed by atoms with Gasteiger partial charge in [0.15, 0.2) is 16.7 Å². The third-order valence-corrected chi connectivity index (χ3v) is 4.68. The number of benzene rings is 2. The molecule has 0 N–H and O–H groups in total. The molecule has 0 unspecified atom stereocenters. The highest BCUT2D eigenvalue weighted by molar-refractivity contribution is 7.98. The number of imidazole rings is 1. The number of fused-ring (bicyclic) bond motifs is 1. The van der Waals surface area contributed by atoms with Crippen molar-refractivity contribution in [2.24, 2.45) is 0 Å². The van der Waals surface area contributed by atoms with Crippen LogP contribution in [0.2, 0.25) is 0 Å². The predicted molar refractivity (Wildman–Crippen MR) is 107 cm³/mol. The molecule has 0 saturated heterocycles. The van der Waals surface area contributed by atoms with Gasteiger partial charge in [-0.15, -0.1) is 0 Å². The van der Waals surface area contributed by atoms with Crippen LogP contribution >= 0.6 is 11.8 Å². The molecule has 0 bridgehead atoms. The molecule has 27 heavy (non-hydrogen) atoms. The van der Waals surface area contributed by atoms with Gasteiger partial charge in [0.25, 0.3) is 5.91 Å². The highest BCUT2D eigenvalue weighted by Crippen LogP contribution is 2.38. The minimum absolute atomic E-state index is 0.179. The van der Waals surface area contributed by atoms with Gasteiger partial charge in [0, 0.05) is 6.08 Å². The van der Waals surface area contributed by atoms with Crippen molar-refractivity contribution in [3.8, 4) is 17.2 Å². The van der Waals surface area contributed by atoms with E-state index in [1.54, 1.807) is 44.1 Å². The van der Waals surface area contributed by atoms with Crippen LogP contribution in [-0.2, 0) is 0 Å². The van der Waals surface area contributed by atoms with E-state index in [1.165, 1.54) is 17.8 Å². The van der Waals surface area contributed by atoms with E-state index in [4.69, 9.17) is 14.2 Å². The lowest BCUT2D eigenvalue weighted by Crippen LogP contribution is -2.08. The Morgan fingerprint density at radius 1 is 1.07 bits per heavy atom. The van der Waals surface area contributed by atoms with E-state index >= 15 is 0 Å². The van der Waals surface area contributed by atoms with Crippen LogP contribution in [0.1, 0.15) is 10.4 Å². The monoisotopic (exact) mass is 384 g/mol. The second-order valence-electron chi connectivity index (χ2n) is 5.55. The summed E-state index contributed by atoms with van der Waals surface area (Å²) in [5.74, 6) is 1.39. The van der Waals surface area contributed by atoms with E-state index in [-0.39, 0.29) is 5.91 Å². The molecule has 0 aliphatic carbocycles. The second-order valence-corrected chi connectivity index (χ2v) is 6.33. The molecule has 7 heteroatoms. The van der Waals surface area contributed by atoms with Crippen molar-refractivity contribution in [3.63, 3.8) is 0 Å². The minimum atomic E-state index is -0.179. The molecule has 0 aliphatic rings. The maximum atomic E-state index is 12.8. The number of rotatable bonds is 6. The van der Waals surface area contributed by atoms with Gasteiger partial charge in [-0.25, -0.2) is 4.98 Å². The predicted octanol–water partition coefficient (Wildman–Crippen LogP) is 4.14. The number of ether oxygens (including phenoxy) is 3. The molecular weight excluding hydrogens is 364 g/mol. The number of hydrogen-bond acceptors (Lipinski definition) is 6. The van der Waals surface area contributed by atoms with Gasteiger partial charge in [-0.1, -0.05) is 23.9 Å². The molecule has 0 radical (unpaired) electrons. The summed E-state index contributed by atoms with van der Waals surface area (Å²) < 4.78 is 17.6. The van der Waals surface area contributed by atoms with E-state index < -0.39 is 0 Å². The van der Waals surface area contributed by atoms with Crippen LogP contribution < -0.4 is 14.2 Å². The minimum Gasteiger partial charge on any atom is -0.493 e. The van der Waals surface area contributed by atoms with Crippen LogP contribution in [0, 0.1) is 0 Å². The van der Waals surface area contributed by atoms with Gasteiger partial charge in [-0.05, 0) is 42.2 Å². The molecule has 140 valence electrons. The van der Waals surface area contributed by atoms with Gasteiger partial charge >= 0.3 is 0 Å². The molecule has 2 aromatic carbocycles. The van der Waals surface area contributed by atoms with Crippen molar-refractivity contribution in [3.05, 3.63) is 48.0 Å². The largest absolute Gasteiger partial charge is 0.493 e.